The van der Waals surface area contributed by atoms with E-state index < -0.39 is 86.8 Å². The first-order chi connectivity index (χ1) is 35.1. The van der Waals surface area contributed by atoms with Crippen molar-refractivity contribution in [3.05, 3.63) is 134 Å². The van der Waals surface area contributed by atoms with Crippen LogP contribution in [0.3, 0.4) is 0 Å². The minimum Gasteiger partial charge on any atom is -0.394 e. The molecule has 2 saturated heterocycles. The number of allylic oxidation sites excluding steroid dienone is 21. The van der Waals surface area contributed by atoms with Crippen molar-refractivity contribution in [2.75, 3.05) is 19.8 Å². The molecule has 2 aliphatic rings. The molecule has 0 aromatic carbocycles. The molecule has 406 valence electrons. The highest BCUT2D eigenvalue weighted by atomic mass is 16.7. The van der Waals surface area contributed by atoms with Crippen LogP contribution in [0.5, 0.6) is 0 Å². The first kappa shape index (κ1) is 64.2. The van der Waals surface area contributed by atoms with Gasteiger partial charge in [0.25, 0.3) is 0 Å². The largest absolute Gasteiger partial charge is 0.394 e. The quantitative estimate of drug-likeness (QED) is 0.0214. The van der Waals surface area contributed by atoms with E-state index in [1.54, 1.807) is 12.2 Å². The zero-order valence-corrected chi connectivity index (χ0v) is 43.1. The monoisotopic (exact) mass is 1010 g/mol. The lowest BCUT2D eigenvalue weighted by Gasteiger charge is -2.46. The van der Waals surface area contributed by atoms with E-state index in [1.807, 2.05) is 6.92 Å². The number of hydrogen-bond acceptors (Lipinski definition) is 13. The van der Waals surface area contributed by atoms with Crippen molar-refractivity contribution in [2.45, 2.75) is 203 Å². The number of aliphatic hydroxyl groups excluding tert-OH is 8. The fraction of sp³-hybridized carbons (Fsp3) is 0.603. The number of nitrogens with one attached hydrogen (secondary N) is 1. The van der Waals surface area contributed by atoms with Crippen LogP contribution < -0.4 is 5.32 Å². The van der Waals surface area contributed by atoms with Crippen molar-refractivity contribution < 1.29 is 64.6 Å². The maximum Gasteiger partial charge on any atom is 0.220 e. The molecule has 1 amide bonds. The Morgan fingerprint density at radius 2 is 0.958 bits per heavy atom. The van der Waals surface area contributed by atoms with E-state index in [-0.39, 0.29) is 18.9 Å². The molecule has 2 rings (SSSR count). The zero-order valence-electron chi connectivity index (χ0n) is 43.1. The first-order valence-corrected chi connectivity index (χ1v) is 26.4. The van der Waals surface area contributed by atoms with Crippen LogP contribution in [-0.4, -0.2) is 140 Å². The van der Waals surface area contributed by atoms with E-state index in [9.17, 15) is 45.6 Å². The van der Waals surface area contributed by atoms with Gasteiger partial charge in [-0.2, -0.15) is 0 Å². The molecular formula is C58H91NO13. The van der Waals surface area contributed by atoms with Gasteiger partial charge in [-0.15, -0.1) is 0 Å². The molecule has 14 heteroatoms. The second-order valence-electron chi connectivity index (χ2n) is 17.9. The lowest BCUT2D eigenvalue weighted by molar-refractivity contribution is -0.359. The molecule has 12 atom stereocenters. The summed E-state index contributed by atoms with van der Waals surface area (Å²) in [6.07, 6.45) is 46.2. The molecule has 0 spiro atoms. The predicted octanol–water partition coefficient (Wildman–Crippen LogP) is 7.65. The molecule has 2 fully saturated rings. The van der Waals surface area contributed by atoms with Gasteiger partial charge >= 0.3 is 0 Å². The summed E-state index contributed by atoms with van der Waals surface area (Å²) in [6, 6.07) is -0.934. The van der Waals surface area contributed by atoms with Gasteiger partial charge in [-0.05, 0) is 89.9 Å². The summed E-state index contributed by atoms with van der Waals surface area (Å²) >= 11 is 0. The molecule has 0 saturated carbocycles. The van der Waals surface area contributed by atoms with E-state index in [1.165, 1.54) is 0 Å². The summed E-state index contributed by atoms with van der Waals surface area (Å²) in [5.74, 6) is -0.284. The Balaban J connectivity index is 1.59. The fourth-order valence-corrected chi connectivity index (χ4v) is 7.56. The van der Waals surface area contributed by atoms with Crippen molar-refractivity contribution in [1.82, 2.24) is 5.32 Å². The molecule has 0 bridgehead atoms. The minimum atomic E-state index is -1.79. The number of aliphatic hydroxyl groups is 8. The number of amides is 1. The van der Waals surface area contributed by atoms with Gasteiger partial charge in [0.15, 0.2) is 12.6 Å². The molecule has 0 radical (unpaired) electrons. The number of carbonyl (C=O) groups is 1. The smallest absolute Gasteiger partial charge is 0.220 e. The van der Waals surface area contributed by atoms with Crippen LogP contribution in [-0.2, 0) is 23.7 Å². The van der Waals surface area contributed by atoms with Gasteiger partial charge in [0.2, 0.25) is 5.91 Å². The molecule has 2 aliphatic heterocycles. The summed E-state index contributed by atoms with van der Waals surface area (Å²) in [6.45, 7) is 2.38. The van der Waals surface area contributed by atoms with Gasteiger partial charge in [-0.3, -0.25) is 4.79 Å². The summed E-state index contributed by atoms with van der Waals surface area (Å²) in [5, 5.41) is 85.8. The highest BCUT2D eigenvalue weighted by molar-refractivity contribution is 5.76. The van der Waals surface area contributed by atoms with Crippen LogP contribution >= 0.6 is 0 Å². The van der Waals surface area contributed by atoms with Crippen molar-refractivity contribution in [2.24, 2.45) is 0 Å². The summed E-state index contributed by atoms with van der Waals surface area (Å²) in [5.41, 5.74) is 0. The van der Waals surface area contributed by atoms with Crippen LogP contribution in [0.15, 0.2) is 134 Å². The minimum absolute atomic E-state index is 0.239. The lowest BCUT2D eigenvalue weighted by atomic mass is 9.97. The second-order valence-corrected chi connectivity index (χ2v) is 17.9. The van der Waals surface area contributed by atoms with Gasteiger partial charge in [0, 0.05) is 6.42 Å². The van der Waals surface area contributed by atoms with Crippen LogP contribution in [0.2, 0.25) is 0 Å². The molecule has 0 aromatic heterocycles. The molecule has 14 nitrogen and oxygen atoms in total. The highest BCUT2D eigenvalue weighted by Crippen LogP contribution is 2.30. The van der Waals surface area contributed by atoms with Gasteiger partial charge in [0.05, 0.1) is 32.0 Å². The Kier molecular flexibility index (Phi) is 37.9. The van der Waals surface area contributed by atoms with Crippen LogP contribution in [0, 0.1) is 0 Å². The first-order valence-electron chi connectivity index (χ1n) is 26.4. The predicted molar refractivity (Wildman–Crippen MR) is 285 cm³/mol. The Morgan fingerprint density at radius 1 is 0.514 bits per heavy atom. The van der Waals surface area contributed by atoms with E-state index in [0.29, 0.717) is 12.8 Å². The highest BCUT2D eigenvalue weighted by Gasteiger charge is 2.51. The van der Waals surface area contributed by atoms with Gasteiger partial charge in [0.1, 0.15) is 48.8 Å². The summed E-state index contributed by atoms with van der Waals surface area (Å²) < 4.78 is 22.4. The molecule has 0 aliphatic carbocycles. The molecule has 9 N–H and O–H groups in total. The van der Waals surface area contributed by atoms with Gasteiger partial charge in [-0.1, -0.05) is 167 Å². The molecule has 0 aromatic rings. The Bertz CT molecular complexity index is 1710. The number of hydrogen-bond donors (Lipinski definition) is 9. The summed E-state index contributed by atoms with van der Waals surface area (Å²) in [7, 11) is 0. The van der Waals surface area contributed by atoms with E-state index >= 15 is 0 Å². The third-order valence-corrected chi connectivity index (χ3v) is 11.8. The van der Waals surface area contributed by atoms with Crippen molar-refractivity contribution in [1.29, 1.82) is 0 Å². The van der Waals surface area contributed by atoms with Crippen LogP contribution in [0.4, 0.5) is 0 Å². The average Bonchev–Trinajstić information content (AvgIpc) is 3.38. The maximum absolute atomic E-state index is 13.0. The maximum atomic E-state index is 13.0. The Labute approximate surface area is 430 Å². The van der Waals surface area contributed by atoms with Crippen molar-refractivity contribution in [3.63, 3.8) is 0 Å². The number of unbranched alkanes of at least 4 members (excludes halogenated alkanes) is 5. The molecule has 72 heavy (non-hydrogen) atoms. The molecular weight excluding hydrogens is 919 g/mol. The third kappa shape index (κ3) is 28.5. The SMILES string of the molecule is CC/C=C\C/C=C\C/C=C\C/C=C\C/C=C\C/C=C\C/C=C\C/C=C\C/C=C\C/C=C\CCCCCCC(=O)NC(COC1OC(CO)C(OC2OC(CO)C(O)C(O)C2O)C(O)C1O)C(O)/C=C/CCC. The topological polar surface area (TPSA) is 228 Å². The number of ether oxygens (including phenoxy) is 4. The Morgan fingerprint density at radius 3 is 1.43 bits per heavy atom. The second kappa shape index (κ2) is 42.5. The number of carbonyl (C=O) groups excluding carboxylic acids is 1. The fourth-order valence-electron chi connectivity index (χ4n) is 7.56. The van der Waals surface area contributed by atoms with E-state index in [0.717, 1.165) is 96.3 Å². The third-order valence-electron chi connectivity index (χ3n) is 11.8. The van der Waals surface area contributed by atoms with Crippen molar-refractivity contribution >= 4 is 5.91 Å². The van der Waals surface area contributed by atoms with E-state index in [4.69, 9.17) is 18.9 Å². The standard InChI is InChI=1S/C58H91NO13/c1-3-5-7-8-9-10-11-12-13-14-15-16-17-18-19-20-21-22-23-24-25-26-27-28-29-30-31-32-33-34-35-36-37-38-40-42-50(63)59-46(47(62)41-39-6-4-2)45-69-57-55(68)53(66)56(49(44-61)71-57)72-58-54(67)52(65)51(64)48(43-60)70-58/h5,7,9-10,12-13,15-16,18-19,21-22,24-25,27-28,30-31,33-34,39,41,46-49,51-58,60-62,64-68H,3-4,6,8,11,14,17,20,23,26,29,32,35-38,40,42-45H2,1-2H3,(H,59,63)/b7-5-,10-9-,13-12-,16-15-,19-18-,22-21-,25-24-,28-27-,31-30-,34-33-,41-39+. The van der Waals surface area contributed by atoms with Crippen LogP contribution in [0.1, 0.15) is 129 Å². The molecule has 12 unspecified atom stereocenters. The van der Waals surface area contributed by atoms with Crippen LogP contribution in [0.25, 0.3) is 0 Å². The average molecular weight is 1010 g/mol. The van der Waals surface area contributed by atoms with Gasteiger partial charge in [-0.25, -0.2) is 0 Å². The lowest BCUT2D eigenvalue weighted by Crippen LogP contribution is -2.65. The summed E-state index contributed by atoms with van der Waals surface area (Å²) in [4.78, 5) is 13.0. The normalized spacial score (nSPS) is 26.7. The Hall–Kier alpha value is -3.87. The zero-order chi connectivity index (χ0) is 52.4. The van der Waals surface area contributed by atoms with Crippen molar-refractivity contribution in [3.8, 4) is 0 Å². The number of rotatable bonds is 38. The molecule has 2 heterocycles. The van der Waals surface area contributed by atoms with E-state index in [2.05, 4.69) is 134 Å². The van der Waals surface area contributed by atoms with Gasteiger partial charge < -0.3 is 65.1 Å².